The third-order valence-corrected chi connectivity index (χ3v) is 5.76. The molecule has 1 aliphatic heterocycles. The van der Waals surface area contributed by atoms with E-state index in [1.54, 1.807) is 0 Å². The second-order valence-corrected chi connectivity index (χ2v) is 7.11. The van der Waals surface area contributed by atoms with Crippen molar-refractivity contribution in [2.24, 2.45) is 5.92 Å². The highest BCUT2D eigenvalue weighted by atomic mass is 35.5. The van der Waals surface area contributed by atoms with Gasteiger partial charge in [-0.05, 0) is 31.0 Å². The van der Waals surface area contributed by atoms with Gasteiger partial charge in [0.15, 0.2) is 0 Å². The Morgan fingerprint density at radius 1 is 1.48 bits per heavy atom. The molecule has 0 aliphatic carbocycles. The molecule has 1 fully saturated rings. The lowest BCUT2D eigenvalue weighted by molar-refractivity contribution is -0.142. The van der Waals surface area contributed by atoms with E-state index in [9.17, 15) is 13.2 Å². The number of carboxylic acids is 1. The van der Waals surface area contributed by atoms with Gasteiger partial charge in [0.05, 0.1) is 22.6 Å². The van der Waals surface area contributed by atoms with Crippen LogP contribution in [0.3, 0.4) is 0 Å². The van der Waals surface area contributed by atoms with Gasteiger partial charge in [0.2, 0.25) is 10.0 Å². The smallest absolute Gasteiger partial charge is 0.307 e. The number of aliphatic carboxylic acids is 1. The predicted octanol–water partition coefficient (Wildman–Crippen LogP) is 1.70. The van der Waals surface area contributed by atoms with Crippen LogP contribution in [0.4, 0.5) is 0 Å². The first-order chi connectivity index (χ1) is 9.86. The minimum Gasteiger partial charge on any atom is -0.481 e. The molecule has 0 saturated carbocycles. The lowest BCUT2D eigenvalue weighted by Crippen LogP contribution is -2.42. The SMILES string of the molecule is N#Cc1ccc(Cl)c(S(=O)(=O)N2CCCC(C(=O)O)C2)c1. The highest BCUT2D eigenvalue weighted by Crippen LogP contribution is 2.29. The normalized spacial score (nSPS) is 19.9. The van der Waals surface area contributed by atoms with E-state index in [2.05, 4.69) is 0 Å². The van der Waals surface area contributed by atoms with Gasteiger partial charge in [-0.25, -0.2) is 8.42 Å². The van der Waals surface area contributed by atoms with Gasteiger partial charge in [-0.15, -0.1) is 0 Å². The second kappa shape index (κ2) is 6.02. The number of rotatable bonds is 3. The van der Waals surface area contributed by atoms with Crippen molar-refractivity contribution >= 4 is 27.6 Å². The van der Waals surface area contributed by atoms with Crippen LogP contribution in [0, 0.1) is 17.2 Å². The lowest BCUT2D eigenvalue weighted by Gasteiger charge is -2.30. The van der Waals surface area contributed by atoms with Crippen LogP contribution in [0.25, 0.3) is 0 Å². The van der Waals surface area contributed by atoms with Crippen molar-refractivity contribution in [2.75, 3.05) is 13.1 Å². The van der Waals surface area contributed by atoms with E-state index in [0.717, 1.165) is 4.31 Å². The summed E-state index contributed by atoms with van der Waals surface area (Å²) < 4.78 is 26.3. The average Bonchev–Trinajstić information content (AvgIpc) is 2.47. The fraction of sp³-hybridized carbons (Fsp3) is 0.385. The Bertz CT molecular complexity index is 711. The van der Waals surface area contributed by atoms with Crippen LogP contribution in [0.1, 0.15) is 18.4 Å². The Morgan fingerprint density at radius 3 is 2.81 bits per heavy atom. The Kier molecular flexibility index (Phi) is 4.52. The van der Waals surface area contributed by atoms with E-state index in [1.165, 1.54) is 18.2 Å². The molecule has 0 aromatic heterocycles. The molecule has 1 unspecified atom stereocenters. The summed E-state index contributed by atoms with van der Waals surface area (Å²) in [7, 11) is -3.90. The first kappa shape index (κ1) is 15.8. The lowest BCUT2D eigenvalue weighted by atomic mass is 10.0. The first-order valence-electron chi connectivity index (χ1n) is 6.29. The van der Waals surface area contributed by atoms with E-state index in [1.807, 2.05) is 6.07 Å². The van der Waals surface area contributed by atoms with E-state index in [0.29, 0.717) is 12.8 Å². The quantitative estimate of drug-likeness (QED) is 0.910. The Labute approximate surface area is 127 Å². The van der Waals surface area contributed by atoms with Crippen LogP contribution in [-0.4, -0.2) is 36.9 Å². The minimum absolute atomic E-state index is 0.0199. The van der Waals surface area contributed by atoms with Crippen molar-refractivity contribution in [1.82, 2.24) is 4.31 Å². The number of hydrogen-bond donors (Lipinski definition) is 1. The molecule has 21 heavy (non-hydrogen) atoms. The Balaban J connectivity index is 2.38. The van der Waals surface area contributed by atoms with E-state index in [4.69, 9.17) is 22.0 Å². The molecule has 1 aromatic rings. The Hall–Kier alpha value is -1.62. The molecule has 1 atom stereocenters. The molecule has 6 nitrogen and oxygen atoms in total. The number of nitrogens with zero attached hydrogens (tertiary/aromatic N) is 2. The maximum absolute atomic E-state index is 12.6. The van der Waals surface area contributed by atoms with Crippen LogP contribution in [-0.2, 0) is 14.8 Å². The number of carbonyl (C=O) groups is 1. The molecule has 1 aromatic carbocycles. The zero-order valence-electron chi connectivity index (χ0n) is 11.0. The molecule has 0 radical (unpaired) electrons. The molecule has 1 saturated heterocycles. The number of piperidine rings is 1. The zero-order valence-corrected chi connectivity index (χ0v) is 12.6. The molecule has 1 heterocycles. The van der Waals surface area contributed by atoms with Gasteiger partial charge < -0.3 is 5.11 Å². The number of carboxylic acid groups (broad SMARTS) is 1. The fourth-order valence-electron chi connectivity index (χ4n) is 2.27. The third-order valence-electron chi connectivity index (χ3n) is 3.41. The van der Waals surface area contributed by atoms with Gasteiger partial charge in [-0.3, -0.25) is 4.79 Å². The second-order valence-electron chi connectivity index (χ2n) is 4.80. The molecule has 0 spiro atoms. The maximum atomic E-state index is 12.6. The summed E-state index contributed by atoms with van der Waals surface area (Å²) in [4.78, 5) is 10.9. The molecular weight excluding hydrogens is 316 g/mol. The topological polar surface area (TPSA) is 98.5 Å². The minimum atomic E-state index is -3.90. The Morgan fingerprint density at radius 2 is 2.19 bits per heavy atom. The van der Waals surface area contributed by atoms with Crippen LogP contribution in [0.2, 0.25) is 5.02 Å². The van der Waals surface area contributed by atoms with Crippen LogP contribution in [0.15, 0.2) is 23.1 Å². The third kappa shape index (κ3) is 3.18. The number of sulfonamides is 1. The van der Waals surface area contributed by atoms with Crippen molar-refractivity contribution in [3.05, 3.63) is 28.8 Å². The maximum Gasteiger partial charge on any atom is 0.307 e. The zero-order chi connectivity index (χ0) is 15.6. The van der Waals surface area contributed by atoms with Crippen molar-refractivity contribution in [2.45, 2.75) is 17.7 Å². The van der Waals surface area contributed by atoms with E-state index >= 15 is 0 Å². The average molecular weight is 329 g/mol. The molecule has 1 N–H and O–H groups in total. The van der Waals surface area contributed by atoms with E-state index < -0.39 is 21.9 Å². The molecule has 0 amide bonds. The summed E-state index contributed by atoms with van der Waals surface area (Å²) in [5, 5.41) is 17.9. The summed E-state index contributed by atoms with van der Waals surface area (Å²) in [6.45, 7) is 0.171. The molecule has 0 bridgehead atoms. The molecule has 8 heteroatoms. The monoisotopic (exact) mass is 328 g/mol. The molecule has 1 aliphatic rings. The standard InChI is InChI=1S/C13H13ClN2O4S/c14-11-4-3-9(7-15)6-12(11)21(19,20)16-5-1-2-10(8-16)13(17)18/h3-4,6,10H,1-2,5,8H2,(H,17,18). The highest BCUT2D eigenvalue weighted by molar-refractivity contribution is 7.89. The van der Waals surface area contributed by atoms with Crippen LogP contribution in [0.5, 0.6) is 0 Å². The largest absolute Gasteiger partial charge is 0.481 e. The highest BCUT2D eigenvalue weighted by Gasteiger charge is 2.34. The van der Waals surface area contributed by atoms with Gasteiger partial charge in [0.1, 0.15) is 4.90 Å². The number of hydrogen-bond acceptors (Lipinski definition) is 4. The molecule has 112 valence electrons. The van der Waals surface area contributed by atoms with Gasteiger partial charge in [0.25, 0.3) is 0 Å². The van der Waals surface area contributed by atoms with Crippen molar-refractivity contribution in [3.8, 4) is 6.07 Å². The summed E-state index contributed by atoms with van der Waals surface area (Å²) in [6, 6.07) is 5.85. The van der Waals surface area contributed by atoms with Crippen molar-refractivity contribution in [3.63, 3.8) is 0 Å². The summed E-state index contributed by atoms with van der Waals surface area (Å²) in [5.74, 6) is -1.72. The predicted molar refractivity (Wildman–Crippen MR) is 75.3 cm³/mol. The van der Waals surface area contributed by atoms with Gasteiger partial charge in [0, 0.05) is 13.1 Å². The van der Waals surface area contributed by atoms with Crippen LogP contribution < -0.4 is 0 Å². The van der Waals surface area contributed by atoms with E-state index in [-0.39, 0.29) is 28.6 Å². The number of halogens is 1. The van der Waals surface area contributed by atoms with Gasteiger partial charge >= 0.3 is 5.97 Å². The van der Waals surface area contributed by atoms with Gasteiger partial charge in [-0.2, -0.15) is 9.57 Å². The van der Waals surface area contributed by atoms with Gasteiger partial charge in [-0.1, -0.05) is 11.6 Å². The van der Waals surface area contributed by atoms with Crippen molar-refractivity contribution < 1.29 is 18.3 Å². The number of nitriles is 1. The summed E-state index contributed by atoms with van der Waals surface area (Å²) in [5.41, 5.74) is 0.185. The number of benzene rings is 1. The fourth-order valence-corrected chi connectivity index (χ4v) is 4.30. The summed E-state index contributed by atoms with van der Waals surface area (Å²) in [6.07, 6.45) is 0.930. The molecule has 2 rings (SSSR count). The summed E-state index contributed by atoms with van der Waals surface area (Å²) >= 11 is 5.92. The first-order valence-corrected chi connectivity index (χ1v) is 8.10. The van der Waals surface area contributed by atoms with Crippen LogP contribution >= 0.6 is 11.6 Å². The van der Waals surface area contributed by atoms with Crippen molar-refractivity contribution in [1.29, 1.82) is 5.26 Å². The molecular formula is C13H13ClN2O4S.